The number of carboxylic acid groups (broad SMARTS) is 1. The van der Waals surface area contributed by atoms with Crippen LogP contribution in [0.2, 0.25) is 0 Å². The fourth-order valence-electron chi connectivity index (χ4n) is 2.77. The van der Waals surface area contributed by atoms with Crippen LogP contribution >= 0.6 is 0 Å². The molecule has 156 valence electrons. The highest BCUT2D eigenvalue weighted by atomic mass is 16.7. The molecular weight excluding hydrogens is 380 g/mol. The fourth-order valence-corrected chi connectivity index (χ4v) is 2.77. The zero-order valence-electron chi connectivity index (χ0n) is 14.6. The number of ether oxygens (including phenoxy) is 2. The van der Waals surface area contributed by atoms with Gasteiger partial charge in [-0.3, -0.25) is 4.79 Å². The van der Waals surface area contributed by atoms with Gasteiger partial charge in [0.15, 0.2) is 6.10 Å². The van der Waals surface area contributed by atoms with Gasteiger partial charge in [-0.15, -0.1) is 0 Å². The Morgan fingerprint density at radius 3 is 2.21 bits per heavy atom. The highest BCUT2D eigenvalue weighted by Gasteiger charge is 2.48. The molecule has 0 radical (unpaired) electrons. The van der Waals surface area contributed by atoms with Crippen LogP contribution in [-0.4, -0.2) is 84.5 Å². The summed E-state index contributed by atoms with van der Waals surface area (Å²) >= 11 is 0. The molecule has 1 aliphatic rings. The van der Waals surface area contributed by atoms with Crippen LogP contribution in [0.4, 0.5) is 0 Å². The standard InChI is InChI=1S/C17H22O11/c18-8(3-7-4-9(19)6-10(20)5-7)1-2-11(21)27-17-14(24)12(22)13(23)15(28-17)16(25)26/h4-6,8,12-15,17-20,22-24H,1-3H2,(H,25,26). The van der Waals surface area contributed by atoms with Crippen LogP contribution in [0.25, 0.3) is 0 Å². The summed E-state index contributed by atoms with van der Waals surface area (Å²) in [6.45, 7) is 0. The minimum absolute atomic E-state index is 0.0315. The molecule has 0 spiro atoms. The number of rotatable bonds is 7. The monoisotopic (exact) mass is 402 g/mol. The number of aliphatic carboxylic acids is 1. The van der Waals surface area contributed by atoms with Crippen LogP contribution in [0.5, 0.6) is 11.5 Å². The topological polar surface area (TPSA) is 194 Å². The van der Waals surface area contributed by atoms with Gasteiger partial charge in [0.05, 0.1) is 6.10 Å². The average Bonchev–Trinajstić information content (AvgIpc) is 2.59. The van der Waals surface area contributed by atoms with Gasteiger partial charge in [0.1, 0.15) is 29.8 Å². The maximum Gasteiger partial charge on any atom is 0.335 e. The summed E-state index contributed by atoms with van der Waals surface area (Å²) < 4.78 is 9.63. The van der Waals surface area contributed by atoms with Crippen molar-refractivity contribution in [3.8, 4) is 11.5 Å². The molecule has 2 rings (SSSR count). The Morgan fingerprint density at radius 2 is 1.64 bits per heavy atom. The molecule has 0 bridgehead atoms. The predicted octanol–water partition coefficient (Wildman–Crippen LogP) is -1.78. The van der Waals surface area contributed by atoms with Crippen LogP contribution in [0.15, 0.2) is 18.2 Å². The second kappa shape index (κ2) is 9.17. The smallest absolute Gasteiger partial charge is 0.335 e. The van der Waals surface area contributed by atoms with Gasteiger partial charge in [0, 0.05) is 12.5 Å². The number of hydrogen-bond acceptors (Lipinski definition) is 10. The van der Waals surface area contributed by atoms with Crippen molar-refractivity contribution < 1.29 is 54.8 Å². The number of esters is 1. The summed E-state index contributed by atoms with van der Waals surface area (Å²) in [6, 6.07) is 3.80. The van der Waals surface area contributed by atoms with Crippen molar-refractivity contribution in [1.29, 1.82) is 0 Å². The number of carbonyl (C=O) groups excluding carboxylic acids is 1. The Balaban J connectivity index is 1.86. The number of aliphatic hydroxyl groups excluding tert-OH is 4. The molecule has 11 heteroatoms. The quantitative estimate of drug-likeness (QED) is 0.255. The molecule has 7 N–H and O–H groups in total. The van der Waals surface area contributed by atoms with Crippen molar-refractivity contribution >= 4 is 11.9 Å². The number of phenols is 2. The lowest BCUT2D eigenvalue weighted by molar-refractivity contribution is -0.286. The molecule has 11 nitrogen and oxygen atoms in total. The molecule has 28 heavy (non-hydrogen) atoms. The number of carboxylic acids is 1. The van der Waals surface area contributed by atoms with Gasteiger partial charge in [0.2, 0.25) is 6.29 Å². The van der Waals surface area contributed by atoms with Crippen molar-refractivity contribution in [2.45, 2.75) is 56.1 Å². The molecule has 0 amide bonds. The Kier molecular flexibility index (Phi) is 7.16. The largest absolute Gasteiger partial charge is 0.508 e. The maximum absolute atomic E-state index is 11.9. The fraction of sp³-hybridized carbons (Fsp3) is 0.529. The molecule has 1 fully saturated rings. The zero-order valence-corrected chi connectivity index (χ0v) is 14.6. The molecule has 1 saturated heterocycles. The highest BCUT2D eigenvalue weighted by Crippen LogP contribution is 2.24. The summed E-state index contributed by atoms with van der Waals surface area (Å²) in [7, 11) is 0. The Bertz CT molecular complexity index is 686. The molecule has 1 aliphatic heterocycles. The SMILES string of the molecule is O=C(CCC(O)Cc1cc(O)cc(O)c1)OC1OC(C(=O)O)C(O)C(O)C1O. The average molecular weight is 402 g/mol. The van der Waals surface area contributed by atoms with Crippen LogP contribution in [0.3, 0.4) is 0 Å². The number of aromatic hydroxyl groups is 2. The van der Waals surface area contributed by atoms with E-state index in [1.807, 2.05) is 0 Å². The van der Waals surface area contributed by atoms with E-state index in [2.05, 4.69) is 0 Å². The third-order valence-electron chi connectivity index (χ3n) is 4.18. The molecule has 0 aromatic heterocycles. The molecule has 1 aromatic carbocycles. The molecule has 0 aliphatic carbocycles. The Labute approximate surface area is 159 Å². The molecule has 0 saturated carbocycles. The summed E-state index contributed by atoms with van der Waals surface area (Å²) in [6.07, 6.45) is -10.7. The van der Waals surface area contributed by atoms with E-state index in [1.54, 1.807) is 0 Å². The zero-order chi connectivity index (χ0) is 21.0. The van der Waals surface area contributed by atoms with Gasteiger partial charge < -0.3 is 45.2 Å². The summed E-state index contributed by atoms with van der Waals surface area (Å²) in [4.78, 5) is 22.9. The molecule has 6 atom stereocenters. The minimum Gasteiger partial charge on any atom is -0.508 e. The van der Waals surface area contributed by atoms with Crippen molar-refractivity contribution in [2.24, 2.45) is 0 Å². The van der Waals surface area contributed by atoms with Gasteiger partial charge in [-0.2, -0.15) is 0 Å². The first-order chi connectivity index (χ1) is 13.1. The third-order valence-corrected chi connectivity index (χ3v) is 4.18. The van der Waals surface area contributed by atoms with Crippen molar-refractivity contribution in [1.82, 2.24) is 0 Å². The summed E-state index contributed by atoms with van der Waals surface area (Å²) in [5.74, 6) is -2.91. The van der Waals surface area contributed by atoms with Gasteiger partial charge in [-0.25, -0.2) is 4.79 Å². The van der Waals surface area contributed by atoms with Gasteiger partial charge in [-0.1, -0.05) is 0 Å². The van der Waals surface area contributed by atoms with Crippen LogP contribution in [-0.2, 0) is 25.5 Å². The van der Waals surface area contributed by atoms with Crippen LogP contribution < -0.4 is 0 Å². The lowest BCUT2D eigenvalue weighted by atomic mass is 9.99. The first-order valence-electron chi connectivity index (χ1n) is 8.40. The lowest BCUT2D eigenvalue weighted by Gasteiger charge is -2.37. The number of hydrogen-bond donors (Lipinski definition) is 7. The summed E-state index contributed by atoms with van der Waals surface area (Å²) in [5.41, 5.74) is 0.436. The molecule has 1 heterocycles. The van der Waals surface area contributed by atoms with Gasteiger partial charge >= 0.3 is 11.9 Å². The number of benzene rings is 1. The molecule has 1 aromatic rings. The van der Waals surface area contributed by atoms with E-state index in [4.69, 9.17) is 14.6 Å². The third kappa shape index (κ3) is 5.53. The minimum atomic E-state index is -1.90. The second-order valence-electron chi connectivity index (χ2n) is 6.48. The Morgan fingerprint density at radius 1 is 1.04 bits per heavy atom. The van der Waals surface area contributed by atoms with E-state index in [9.17, 15) is 40.2 Å². The van der Waals surface area contributed by atoms with Crippen molar-refractivity contribution in [2.75, 3.05) is 0 Å². The van der Waals surface area contributed by atoms with Gasteiger partial charge in [0.25, 0.3) is 0 Å². The molecular formula is C17H22O11. The van der Waals surface area contributed by atoms with Crippen LogP contribution in [0, 0.1) is 0 Å². The van der Waals surface area contributed by atoms with Crippen molar-refractivity contribution in [3.05, 3.63) is 23.8 Å². The van der Waals surface area contributed by atoms with Gasteiger partial charge in [-0.05, 0) is 30.5 Å². The maximum atomic E-state index is 11.9. The predicted molar refractivity (Wildman–Crippen MR) is 89.1 cm³/mol. The first-order valence-corrected chi connectivity index (χ1v) is 8.40. The molecule has 6 unspecified atom stereocenters. The lowest BCUT2D eigenvalue weighted by Crippen LogP contribution is -2.60. The van der Waals surface area contributed by atoms with E-state index >= 15 is 0 Å². The van der Waals surface area contributed by atoms with E-state index in [-0.39, 0.29) is 30.8 Å². The number of aliphatic hydroxyl groups is 4. The number of phenolic OH excluding ortho intramolecular Hbond substituents is 2. The second-order valence-corrected chi connectivity index (χ2v) is 6.48. The van der Waals surface area contributed by atoms with E-state index in [0.29, 0.717) is 5.56 Å². The summed E-state index contributed by atoms with van der Waals surface area (Å²) in [5, 5.41) is 66.7. The highest BCUT2D eigenvalue weighted by molar-refractivity contribution is 5.73. The first kappa shape index (κ1) is 21.9. The normalized spacial score (nSPS) is 28.5. The van der Waals surface area contributed by atoms with Crippen LogP contribution in [0.1, 0.15) is 18.4 Å². The van der Waals surface area contributed by atoms with E-state index < -0.39 is 48.7 Å². The Hall–Kier alpha value is -2.44. The van der Waals surface area contributed by atoms with Crippen molar-refractivity contribution in [3.63, 3.8) is 0 Å². The van der Waals surface area contributed by atoms with E-state index in [1.165, 1.54) is 12.1 Å². The number of carbonyl (C=O) groups is 2. The van der Waals surface area contributed by atoms with E-state index in [0.717, 1.165) is 6.07 Å².